The molecule has 1 rings (SSSR count). The number of hydrogen-bond acceptors (Lipinski definition) is 4. The predicted molar refractivity (Wildman–Crippen MR) is 60.4 cm³/mol. The molecule has 0 saturated heterocycles. The summed E-state index contributed by atoms with van der Waals surface area (Å²) in [7, 11) is 1.80. The third-order valence-corrected chi connectivity index (χ3v) is 2.37. The van der Waals surface area contributed by atoms with Crippen LogP contribution in [-0.4, -0.2) is 29.9 Å². The average molecular weight is 210 g/mol. The minimum absolute atomic E-state index is 0.492. The lowest BCUT2D eigenvalue weighted by Gasteiger charge is -2.19. The van der Waals surface area contributed by atoms with Gasteiger partial charge in [0.1, 0.15) is 6.10 Å². The fourth-order valence-corrected chi connectivity index (χ4v) is 1.44. The zero-order valence-corrected chi connectivity index (χ0v) is 8.85. The molecule has 0 aliphatic carbocycles. The minimum atomic E-state index is -0.917. The van der Waals surface area contributed by atoms with Crippen molar-refractivity contribution in [2.45, 2.75) is 18.6 Å². The number of anilines is 1. The van der Waals surface area contributed by atoms with Crippen molar-refractivity contribution in [2.75, 3.05) is 19.3 Å². The summed E-state index contributed by atoms with van der Waals surface area (Å²) < 4.78 is 0. The van der Waals surface area contributed by atoms with Gasteiger partial charge in [0, 0.05) is 11.3 Å². The maximum absolute atomic E-state index is 9.84. The number of aliphatic hydroxyl groups is 2. The Bertz CT molecular complexity index is 304. The van der Waals surface area contributed by atoms with Crippen LogP contribution in [0.2, 0.25) is 0 Å². The quantitative estimate of drug-likeness (QED) is 0.526. The van der Waals surface area contributed by atoms with Crippen LogP contribution in [0.25, 0.3) is 0 Å². The van der Waals surface area contributed by atoms with Gasteiger partial charge >= 0.3 is 0 Å². The Kier molecular flexibility index (Phi) is 4.55. The van der Waals surface area contributed by atoms with E-state index in [1.807, 2.05) is 0 Å². The van der Waals surface area contributed by atoms with E-state index in [0.29, 0.717) is 24.2 Å². The first-order chi connectivity index (χ1) is 7.16. The molecule has 0 aromatic heterocycles. The number of nitrogen functional groups attached to an aromatic ring is 1. The summed E-state index contributed by atoms with van der Waals surface area (Å²) >= 11 is 0. The van der Waals surface area contributed by atoms with Gasteiger partial charge in [0.25, 0.3) is 0 Å². The van der Waals surface area contributed by atoms with Crippen LogP contribution in [0, 0.1) is 0 Å². The highest BCUT2D eigenvalue weighted by Gasteiger charge is 2.19. The second-order valence-electron chi connectivity index (χ2n) is 3.53. The van der Waals surface area contributed by atoms with Gasteiger partial charge in [-0.25, -0.2) is 0 Å². The van der Waals surface area contributed by atoms with E-state index in [-0.39, 0.29) is 0 Å². The number of aliphatic hydroxyl groups excluding tert-OH is 2. The van der Waals surface area contributed by atoms with Crippen molar-refractivity contribution in [1.29, 1.82) is 0 Å². The molecule has 0 fully saturated rings. The lowest BCUT2D eigenvalue weighted by atomic mass is 10.0. The van der Waals surface area contributed by atoms with Gasteiger partial charge in [-0.05, 0) is 26.1 Å². The first kappa shape index (κ1) is 12.0. The highest BCUT2D eigenvalue weighted by molar-refractivity contribution is 5.47. The number of benzene rings is 1. The maximum Gasteiger partial charge on any atom is 0.107 e. The van der Waals surface area contributed by atoms with Gasteiger partial charge in [-0.1, -0.05) is 18.2 Å². The van der Waals surface area contributed by atoms with Gasteiger partial charge in [-0.2, -0.15) is 0 Å². The summed E-state index contributed by atoms with van der Waals surface area (Å²) in [5.74, 6) is 0. The third kappa shape index (κ3) is 3.20. The normalized spacial score (nSPS) is 14.9. The van der Waals surface area contributed by atoms with Gasteiger partial charge in [-0.15, -0.1) is 0 Å². The largest absolute Gasteiger partial charge is 0.398 e. The molecule has 0 radical (unpaired) electrons. The topological polar surface area (TPSA) is 78.5 Å². The van der Waals surface area contributed by atoms with E-state index in [2.05, 4.69) is 5.32 Å². The zero-order chi connectivity index (χ0) is 11.3. The molecule has 4 nitrogen and oxygen atoms in total. The van der Waals surface area contributed by atoms with E-state index in [4.69, 9.17) is 5.73 Å². The van der Waals surface area contributed by atoms with Gasteiger partial charge < -0.3 is 21.3 Å². The summed E-state index contributed by atoms with van der Waals surface area (Å²) in [5.41, 5.74) is 6.79. The summed E-state index contributed by atoms with van der Waals surface area (Å²) in [4.78, 5) is 0. The van der Waals surface area contributed by atoms with Crippen LogP contribution < -0.4 is 11.1 Å². The molecule has 0 heterocycles. The molecule has 4 heteroatoms. The molecule has 0 aliphatic rings. The van der Waals surface area contributed by atoms with Crippen molar-refractivity contribution in [1.82, 2.24) is 5.32 Å². The SMILES string of the molecule is CNCCC(O)C(O)c1ccccc1N. The molecule has 5 N–H and O–H groups in total. The Hall–Kier alpha value is -1.10. The second-order valence-corrected chi connectivity index (χ2v) is 3.53. The van der Waals surface area contributed by atoms with Crippen LogP contribution in [0.3, 0.4) is 0 Å². The first-order valence-electron chi connectivity index (χ1n) is 5.02. The smallest absolute Gasteiger partial charge is 0.107 e. The van der Waals surface area contributed by atoms with E-state index in [1.165, 1.54) is 0 Å². The Morgan fingerprint density at radius 2 is 2.00 bits per heavy atom. The highest BCUT2D eigenvalue weighted by atomic mass is 16.3. The molecule has 2 unspecified atom stereocenters. The molecule has 0 amide bonds. The summed E-state index contributed by atoms with van der Waals surface area (Å²) in [5, 5.41) is 22.4. The second kappa shape index (κ2) is 5.70. The molecule has 0 aliphatic heterocycles. The average Bonchev–Trinajstić information content (AvgIpc) is 2.25. The lowest BCUT2D eigenvalue weighted by Crippen LogP contribution is -2.23. The van der Waals surface area contributed by atoms with Crippen LogP contribution in [0.4, 0.5) is 5.69 Å². The Morgan fingerprint density at radius 1 is 1.33 bits per heavy atom. The van der Waals surface area contributed by atoms with Crippen LogP contribution in [-0.2, 0) is 0 Å². The Morgan fingerprint density at radius 3 is 2.60 bits per heavy atom. The fourth-order valence-electron chi connectivity index (χ4n) is 1.44. The van der Waals surface area contributed by atoms with E-state index < -0.39 is 12.2 Å². The van der Waals surface area contributed by atoms with E-state index in [1.54, 1.807) is 31.3 Å². The van der Waals surface area contributed by atoms with E-state index >= 15 is 0 Å². The zero-order valence-electron chi connectivity index (χ0n) is 8.85. The summed E-state index contributed by atoms with van der Waals surface area (Å²) in [6, 6.07) is 7.02. The van der Waals surface area contributed by atoms with Crippen molar-refractivity contribution in [2.24, 2.45) is 0 Å². The molecular formula is C11H18N2O2. The van der Waals surface area contributed by atoms with Crippen LogP contribution >= 0.6 is 0 Å². The molecule has 1 aromatic rings. The van der Waals surface area contributed by atoms with Crippen molar-refractivity contribution in [3.63, 3.8) is 0 Å². The number of rotatable bonds is 5. The maximum atomic E-state index is 9.84. The molecule has 0 saturated carbocycles. The number of nitrogens with one attached hydrogen (secondary N) is 1. The van der Waals surface area contributed by atoms with Gasteiger partial charge in [0.05, 0.1) is 6.10 Å². The van der Waals surface area contributed by atoms with Crippen LogP contribution in [0.15, 0.2) is 24.3 Å². The highest BCUT2D eigenvalue weighted by Crippen LogP contribution is 2.23. The third-order valence-electron chi connectivity index (χ3n) is 2.37. The molecule has 0 bridgehead atoms. The molecule has 0 spiro atoms. The van der Waals surface area contributed by atoms with Crippen LogP contribution in [0.1, 0.15) is 18.1 Å². The standard InChI is InChI=1S/C11H18N2O2/c1-13-7-6-10(14)11(15)8-4-2-3-5-9(8)12/h2-5,10-11,13-15H,6-7,12H2,1H3. The number of hydrogen-bond donors (Lipinski definition) is 4. The summed E-state index contributed by atoms with van der Waals surface area (Å²) in [6.45, 7) is 0.658. The lowest BCUT2D eigenvalue weighted by molar-refractivity contribution is 0.0144. The van der Waals surface area contributed by atoms with E-state index in [0.717, 1.165) is 0 Å². The predicted octanol–water partition coefficient (Wildman–Crippen LogP) is 0.273. The molecule has 1 aromatic carbocycles. The van der Waals surface area contributed by atoms with Gasteiger partial charge in [-0.3, -0.25) is 0 Å². The molecule has 2 atom stereocenters. The minimum Gasteiger partial charge on any atom is -0.398 e. The molecule has 84 valence electrons. The Balaban J connectivity index is 2.67. The van der Waals surface area contributed by atoms with Gasteiger partial charge in [0.15, 0.2) is 0 Å². The van der Waals surface area contributed by atoms with Crippen molar-refractivity contribution in [3.8, 4) is 0 Å². The molecular weight excluding hydrogens is 192 g/mol. The van der Waals surface area contributed by atoms with E-state index in [9.17, 15) is 10.2 Å². The Labute approximate surface area is 89.7 Å². The monoisotopic (exact) mass is 210 g/mol. The van der Waals surface area contributed by atoms with Gasteiger partial charge in [0.2, 0.25) is 0 Å². The fraction of sp³-hybridized carbons (Fsp3) is 0.455. The molecule has 15 heavy (non-hydrogen) atoms. The first-order valence-corrected chi connectivity index (χ1v) is 5.02. The number of para-hydroxylation sites is 1. The van der Waals surface area contributed by atoms with Crippen molar-refractivity contribution >= 4 is 5.69 Å². The summed E-state index contributed by atoms with van der Waals surface area (Å²) in [6.07, 6.45) is -1.21. The van der Waals surface area contributed by atoms with Crippen LogP contribution in [0.5, 0.6) is 0 Å². The van der Waals surface area contributed by atoms with Crippen molar-refractivity contribution in [3.05, 3.63) is 29.8 Å². The number of nitrogens with two attached hydrogens (primary N) is 1. The van der Waals surface area contributed by atoms with Crippen molar-refractivity contribution < 1.29 is 10.2 Å².